The predicted molar refractivity (Wildman–Crippen MR) is 110 cm³/mol. The Balaban J connectivity index is 1.57. The number of amides is 2. The molecule has 0 radical (unpaired) electrons. The molecule has 146 valence electrons. The molecule has 2 heterocycles. The van der Waals surface area contributed by atoms with E-state index in [-0.39, 0.29) is 29.8 Å². The minimum atomic E-state index is -0.471. The Bertz CT molecular complexity index is 1200. The zero-order chi connectivity index (χ0) is 20.5. The maximum absolute atomic E-state index is 12.5. The molecule has 1 aromatic carbocycles. The number of para-hydroxylation sites is 1. The first kappa shape index (κ1) is 18.7. The van der Waals surface area contributed by atoms with Crippen LogP contribution in [0.3, 0.4) is 0 Å². The van der Waals surface area contributed by atoms with Crippen LogP contribution in [0.2, 0.25) is 0 Å². The molecule has 7 heteroatoms. The minimum absolute atomic E-state index is 0.0194. The van der Waals surface area contributed by atoms with Crippen LogP contribution in [0, 0.1) is 11.8 Å². The lowest BCUT2D eigenvalue weighted by atomic mass is 9.82. The molecule has 2 aliphatic rings. The van der Waals surface area contributed by atoms with Gasteiger partial charge in [-0.1, -0.05) is 32.1 Å². The number of nitrogens with one attached hydrogen (secondary N) is 1. The van der Waals surface area contributed by atoms with Crippen LogP contribution in [0.15, 0.2) is 76.0 Å². The molecule has 0 fully saturated rings. The monoisotopic (exact) mass is 388 g/mol. The number of carbonyl (C=O) groups excluding carboxylic acids is 2. The third-order valence-corrected chi connectivity index (χ3v) is 4.98. The number of aromatic nitrogens is 2. The van der Waals surface area contributed by atoms with Gasteiger partial charge in [0.2, 0.25) is 5.91 Å². The van der Waals surface area contributed by atoms with E-state index in [2.05, 4.69) is 15.3 Å². The van der Waals surface area contributed by atoms with E-state index in [1.54, 1.807) is 42.5 Å². The number of aliphatic imine (C=N–C) groups is 1. The number of allylic oxidation sites excluding steroid dienone is 3. The standard InChI is InChI=1S/C22H20N4O3/c1-13(2)17-10-20(27)25-19-9-14(7-8-15(17)19)24-21(28)11-26-12-23-18-6-4-3-5-16(18)22(26)29/h3-10,12-13,15H,11H2,1-2H3,(H,25,27). The molecule has 1 aliphatic carbocycles. The summed E-state index contributed by atoms with van der Waals surface area (Å²) in [6.07, 6.45) is 8.38. The lowest BCUT2D eigenvalue weighted by molar-refractivity contribution is -0.118. The third kappa shape index (κ3) is 3.71. The van der Waals surface area contributed by atoms with Crippen molar-refractivity contribution in [2.24, 2.45) is 16.8 Å². The molecule has 1 atom stereocenters. The SMILES string of the molecule is CC(C)C1=CC(=O)NC2=CC(=NC(=O)Cn3cnc4ccccc4c3=O)C=CC21. The first-order valence-electron chi connectivity index (χ1n) is 9.40. The molecule has 2 aromatic rings. The second-order valence-corrected chi connectivity index (χ2v) is 7.35. The quantitative estimate of drug-likeness (QED) is 0.872. The van der Waals surface area contributed by atoms with Gasteiger partial charge in [0, 0.05) is 17.7 Å². The van der Waals surface area contributed by atoms with Gasteiger partial charge in [0.05, 0.1) is 22.9 Å². The molecule has 0 saturated heterocycles. The van der Waals surface area contributed by atoms with Gasteiger partial charge in [-0.05, 0) is 35.8 Å². The Kier molecular flexibility index (Phi) is 4.80. The molecule has 1 N–H and O–H groups in total. The van der Waals surface area contributed by atoms with Crippen LogP contribution >= 0.6 is 0 Å². The number of carbonyl (C=O) groups is 2. The molecular formula is C22H20N4O3. The fraction of sp³-hybridized carbons (Fsp3) is 0.227. The molecule has 1 aromatic heterocycles. The van der Waals surface area contributed by atoms with E-state index >= 15 is 0 Å². The number of nitrogens with zero attached hydrogens (tertiary/aromatic N) is 3. The second-order valence-electron chi connectivity index (χ2n) is 7.35. The summed E-state index contributed by atoms with van der Waals surface area (Å²) in [6, 6.07) is 6.98. The van der Waals surface area contributed by atoms with Crippen molar-refractivity contribution in [2.75, 3.05) is 0 Å². The summed E-state index contributed by atoms with van der Waals surface area (Å²) in [5, 5.41) is 3.28. The van der Waals surface area contributed by atoms with Crippen LogP contribution in [-0.4, -0.2) is 27.1 Å². The average Bonchev–Trinajstić information content (AvgIpc) is 2.69. The topological polar surface area (TPSA) is 93.4 Å². The number of benzene rings is 1. The van der Waals surface area contributed by atoms with Crippen molar-refractivity contribution in [1.82, 2.24) is 14.9 Å². The molecule has 4 rings (SSSR count). The number of hydrogen-bond acceptors (Lipinski definition) is 4. The highest BCUT2D eigenvalue weighted by Crippen LogP contribution is 2.31. The van der Waals surface area contributed by atoms with Gasteiger partial charge in [-0.2, -0.15) is 0 Å². The smallest absolute Gasteiger partial charge is 0.266 e. The Labute approximate surface area is 167 Å². The van der Waals surface area contributed by atoms with Crippen LogP contribution in [0.1, 0.15) is 13.8 Å². The molecule has 0 saturated carbocycles. The molecule has 7 nitrogen and oxygen atoms in total. The summed E-state index contributed by atoms with van der Waals surface area (Å²) in [5.41, 5.74) is 2.47. The lowest BCUT2D eigenvalue weighted by Crippen LogP contribution is -2.34. The predicted octanol–water partition coefficient (Wildman–Crippen LogP) is 2.15. The van der Waals surface area contributed by atoms with Gasteiger partial charge < -0.3 is 5.32 Å². The maximum Gasteiger partial charge on any atom is 0.266 e. The summed E-state index contributed by atoms with van der Waals surface area (Å²) in [5.74, 6) is -0.438. The first-order chi connectivity index (χ1) is 13.9. The van der Waals surface area contributed by atoms with Crippen LogP contribution in [-0.2, 0) is 16.1 Å². The molecule has 0 spiro atoms. The fourth-order valence-electron chi connectivity index (χ4n) is 3.56. The van der Waals surface area contributed by atoms with E-state index in [1.165, 1.54) is 10.9 Å². The van der Waals surface area contributed by atoms with Gasteiger partial charge in [-0.15, -0.1) is 0 Å². The summed E-state index contributed by atoms with van der Waals surface area (Å²) in [7, 11) is 0. The minimum Gasteiger partial charge on any atom is -0.325 e. The molecule has 1 unspecified atom stereocenters. The second kappa shape index (κ2) is 7.43. The van der Waals surface area contributed by atoms with Crippen LogP contribution in [0.25, 0.3) is 10.9 Å². The summed E-state index contributed by atoms with van der Waals surface area (Å²) in [6.45, 7) is 3.88. The van der Waals surface area contributed by atoms with Crippen molar-refractivity contribution in [2.45, 2.75) is 20.4 Å². The molecule has 2 amide bonds. The van der Waals surface area contributed by atoms with Crippen molar-refractivity contribution < 1.29 is 9.59 Å². The number of hydrogen-bond donors (Lipinski definition) is 1. The van der Waals surface area contributed by atoms with Crippen LogP contribution < -0.4 is 10.9 Å². The Morgan fingerprint density at radius 3 is 2.83 bits per heavy atom. The Morgan fingerprint density at radius 2 is 2.03 bits per heavy atom. The highest BCUT2D eigenvalue weighted by atomic mass is 16.2. The molecule has 1 aliphatic heterocycles. The Morgan fingerprint density at radius 1 is 1.24 bits per heavy atom. The van der Waals surface area contributed by atoms with Crippen molar-refractivity contribution in [3.05, 3.63) is 76.5 Å². The fourth-order valence-corrected chi connectivity index (χ4v) is 3.56. The van der Waals surface area contributed by atoms with Gasteiger partial charge in [0.1, 0.15) is 6.54 Å². The van der Waals surface area contributed by atoms with E-state index in [4.69, 9.17) is 0 Å². The van der Waals surface area contributed by atoms with Crippen LogP contribution in [0.5, 0.6) is 0 Å². The van der Waals surface area contributed by atoms with E-state index < -0.39 is 5.91 Å². The van der Waals surface area contributed by atoms with E-state index in [0.717, 1.165) is 5.57 Å². The van der Waals surface area contributed by atoms with Gasteiger partial charge >= 0.3 is 0 Å². The summed E-state index contributed by atoms with van der Waals surface area (Å²) < 4.78 is 1.25. The van der Waals surface area contributed by atoms with Crippen molar-refractivity contribution >= 4 is 28.4 Å². The van der Waals surface area contributed by atoms with Crippen molar-refractivity contribution in [1.29, 1.82) is 0 Å². The first-order valence-corrected chi connectivity index (χ1v) is 9.40. The highest BCUT2D eigenvalue weighted by molar-refractivity contribution is 6.11. The van der Waals surface area contributed by atoms with Crippen molar-refractivity contribution in [3.8, 4) is 0 Å². The van der Waals surface area contributed by atoms with Gasteiger partial charge in [0.25, 0.3) is 11.5 Å². The summed E-state index contributed by atoms with van der Waals surface area (Å²) in [4.78, 5) is 45.2. The third-order valence-electron chi connectivity index (χ3n) is 4.98. The lowest BCUT2D eigenvalue weighted by Gasteiger charge is -2.29. The molecule has 29 heavy (non-hydrogen) atoms. The largest absolute Gasteiger partial charge is 0.325 e. The van der Waals surface area contributed by atoms with E-state index in [0.29, 0.717) is 22.3 Å². The number of rotatable bonds is 3. The summed E-state index contributed by atoms with van der Waals surface area (Å²) >= 11 is 0. The maximum atomic E-state index is 12.5. The van der Waals surface area contributed by atoms with Gasteiger partial charge in [-0.25, -0.2) is 9.98 Å². The number of fused-ring (bicyclic) bond motifs is 2. The average molecular weight is 388 g/mol. The van der Waals surface area contributed by atoms with Gasteiger partial charge in [-0.3, -0.25) is 19.0 Å². The van der Waals surface area contributed by atoms with Crippen molar-refractivity contribution in [3.63, 3.8) is 0 Å². The van der Waals surface area contributed by atoms with Crippen LogP contribution in [0.4, 0.5) is 0 Å². The Hall–Kier alpha value is -3.61. The van der Waals surface area contributed by atoms with Gasteiger partial charge in [0.15, 0.2) is 0 Å². The van der Waals surface area contributed by atoms with E-state index in [9.17, 15) is 14.4 Å². The normalized spacial score (nSPS) is 19.8. The highest BCUT2D eigenvalue weighted by Gasteiger charge is 2.27. The molecular weight excluding hydrogens is 368 g/mol. The zero-order valence-electron chi connectivity index (χ0n) is 16.1. The molecule has 0 bridgehead atoms. The van der Waals surface area contributed by atoms with E-state index in [1.807, 2.05) is 19.9 Å². The zero-order valence-corrected chi connectivity index (χ0v) is 16.1.